The smallest absolute Gasteiger partial charge is 0.410 e. The molecule has 178 valence electrons. The van der Waals surface area contributed by atoms with Crippen molar-refractivity contribution in [1.29, 1.82) is 5.26 Å². The van der Waals surface area contributed by atoms with Crippen molar-refractivity contribution in [3.05, 3.63) is 23.5 Å². The molecule has 3 rings (SSSR count). The van der Waals surface area contributed by atoms with Gasteiger partial charge in [-0.3, -0.25) is 0 Å². The van der Waals surface area contributed by atoms with E-state index in [0.29, 0.717) is 5.39 Å². The van der Waals surface area contributed by atoms with Crippen LogP contribution in [0.4, 0.5) is 4.79 Å². The SMILES string of the molecule is COC(=O)c1cc2cc(C#N)c(S(=O)(=O)N3CCN(C(=O)OC(C)(C)C)CC3)c(OC)c2o1. The average Bonchev–Trinajstić information content (AvgIpc) is 3.20. The molecule has 1 amide bonds. The van der Waals surface area contributed by atoms with Gasteiger partial charge in [-0.2, -0.15) is 9.57 Å². The number of nitrogens with zero attached hydrogens (tertiary/aromatic N) is 3. The zero-order valence-electron chi connectivity index (χ0n) is 19.0. The van der Waals surface area contributed by atoms with Crippen molar-refractivity contribution < 1.29 is 36.6 Å². The van der Waals surface area contributed by atoms with E-state index in [1.807, 2.05) is 6.07 Å². The molecule has 0 saturated carbocycles. The Morgan fingerprint density at radius 3 is 2.27 bits per heavy atom. The maximum Gasteiger partial charge on any atom is 0.410 e. The van der Waals surface area contributed by atoms with Crippen LogP contribution in [0, 0.1) is 11.3 Å². The van der Waals surface area contributed by atoms with E-state index in [1.165, 1.54) is 35.6 Å². The Kier molecular flexibility index (Phi) is 6.58. The van der Waals surface area contributed by atoms with Crippen LogP contribution in [0.2, 0.25) is 0 Å². The molecule has 2 aromatic rings. The predicted molar refractivity (Wildman–Crippen MR) is 115 cm³/mol. The molecule has 1 aliphatic heterocycles. The fourth-order valence-electron chi connectivity index (χ4n) is 3.43. The highest BCUT2D eigenvalue weighted by Gasteiger charge is 2.37. The van der Waals surface area contributed by atoms with Gasteiger partial charge in [-0.15, -0.1) is 0 Å². The van der Waals surface area contributed by atoms with Crippen molar-refractivity contribution >= 4 is 33.1 Å². The van der Waals surface area contributed by atoms with Crippen LogP contribution >= 0.6 is 0 Å². The van der Waals surface area contributed by atoms with Gasteiger partial charge in [-0.25, -0.2) is 18.0 Å². The van der Waals surface area contributed by atoms with Crippen molar-refractivity contribution in [3.8, 4) is 11.8 Å². The van der Waals surface area contributed by atoms with Crippen LogP contribution in [0.25, 0.3) is 11.0 Å². The summed E-state index contributed by atoms with van der Waals surface area (Å²) >= 11 is 0. The second-order valence-electron chi connectivity index (χ2n) is 8.29. The van der Waals surface area contributed by atoms with Crippen molar-refractivity contribution in [3.63, 3.8) is 0 Å². The first-order valence-corrected chi connectivity index (χ1v) is 11.5. The molecular weight excluding hydrogens is 454 g/mol. The van der Waals surface area contributed by atoms with Gasteiger partial charge in [0.2, 0.25) is 15.8 Å². The molecule has 12 heteroatoms. The summed E-state index contributed by atoms with van der Waals surface area (Å²) in [5.41, 5.74) is -0.828. The van der Waals surface area contributed by atoms with E-state index in [9.17, 15) is 23.3 Å². The zero-order chi connectivity index (χ0) is 24.6. The number of nitriles is 1. The van der Waals surface area contributed by atoms with Crippen LogP contribution in [0.3, 0.4) is 0 Å². The van der Waals surface area contributed by atoms with Crippen molar-refractivity contribution in [2.45, 2.75) is 31.3 Å². The molecule has 33 heavy (non-hydrogen) atoms. The number of sulfonamides is 1. The summed E-state index contributed by atoms with van der Waals surface area (Å²) in [5, 5.41) is 9.98. The highest BCUT2D eigenvalue weighted by Crippen LogP contribution is 2.39. The molecule has 0 atom stereocenters. The first-order valence-electron chi connectivity index (χ1n) is 10.0. The lowest BCUT2D eigenvalue weighted by atomic mass is 10.1. The molecule has 1 aliphatic rings. The number of methoxy groups -OCH3 is 2. The second-order valence-corrected chi connectivity index (χ2v) is 10.2. The first-order chi connectivity index (χ1) is 15.4. The summed E-state index contributed by atoms with van der Waals surface area (Å²) in [4.78, 5) is 25.2. The molecule has 1 aromatic carbocycles. The number of carbonyl (C=O) groups excluding carboxylic acids is 2. The van der Waals surface area contributed by atoms with Crippen LogP contribution in [-0.4, -0.2) is 75.7 Å². The summed E-state index contributed by atoms with van der Waals surface area (Å²) < 4.78 is 49.0. The van der Waals surface area contributed by atoms with Gasteiger partial charge in [0.1, 0.15) is 16.6 Å². The number of hydrogen-bond donors (Lipinski definition) is 0. The average molecular weight is 480 g/mol. The third kappa shape index (κ3) is 4.74. The molecule has 1 fully saturated rings. The Balaban J connectivity index is 1.97. The van der Waals surface area contributed by atoms with E-state index in [0.717, 1.165) is 0 Å². The van der Waals surface area contributed by atoms with Crippen LogP contribution in [0.5, 0.6) is 5.75 Å². The predicted octanol–water partition coefficient (Wildman–Crippen LogP) is 2.34. The Hall–Kier alpha value is -3.30. The van der Waals surface area contributed by atoms with Gasteiger partial charge in [0.05, 0.1) is 19.8 Å². The number of rotatable bonds is 4. The summed E-state index contributed by atoms with van der Waals surface area (Å²) in [5.74, 6) is -1.10. The minimum Gasteiger partial charge on any atom is -0.491 e. The maximum atomic E-state index is 13.5. The number of piperazine rings is 1. The van der Waals surface area contributed by atoms with Gasteiger partial charge >= 0.3 is 12.1 Å². The summed E-state index contributed by atoms with van der Waals surface area (Å²) in [7, 11) is -1.78. The summed E-state index contributed by atoms with van der Waals surface area (Å²) in [6, 6.07) is 4.55. The van der Waals surface area contributed by atoms with E-state index in [2.05, 4.69) is 4.74 Å². The van der Waals surface area contributed by atoms with E-state index in [4.69, 9.17) is 13.9 Å². The summed E-state index contributed by atoms with van der Waals surface area (Å²) in [6.07, 6.45) is -0.526. The van der Waals surface area contributed by atoms with E-state index < -0.39 is 27.7 Å². The normalized spacial score (nSPS) is 15.2. The third-order valence-electron chi connectivity index (χ3n) is 4.92. The van der Waals surface area contributed by atoms with Gasteiger partial charge in [0.25, 0.3) is 0 Å². The molecule has 2 heterocycles. The monoisotopic (exact) mass is 479 g/mol. The number of hydrogen-bond acceptors (Lipinski definition) is 9. The lowest BCUT2D eigenvalue weighted by Gasteiger charge is -2.35. The fourth-order valence-corrected chi connectivity index (χ4v) is 5.12. The topological polar surface area (TPSA) is 139 Å². The Morgan fingerprint density at radius 2 is 1.76 bits per heavy atom. The molecule has 0 bridgehead atoms. The zero-order valence-corrected chi connectivity index (χ0v) is 19.8. The molecule has 0 aliphatic carbocycles. The standard InChI is InChI=1S/C21H25N3O8S/c1-21(2,3)32-20(26)23-6-8-24(9-7-23)33(27,28)18-14(12-22)10-13-11-15(19(25)30-5)31-16(13)17(18)29-4/h10-11H,6-9H2,1-5H3. The third-order valence-corrected chi connectivity index (χ3v) is 6.88. The highest BCUT2D eigenvalue weighted by atomic mass is 32.2. The van der Waals surface area contributed by atoms with Gasteiger partial charge in [-0.05, 0) is 32.9 Å². The van der Waals surface area contributed by atoms with Crippen LogP contribution in [0.1, 0.15) is 36.9 Å². The molecule has 0 radical (unpaired) electrons. The van der Waals surface area contributed by atoms with Gasteiger partial charge in [0.15, 0.2) is 11.3 Å². The molecule has 11 nitrogen and oxygen atoms in total. The lowest BCUT2D eigenvalue weighted by molar-refractivity contribution is 0.0192. The van der Waals surface area contributed by atoms with Gasteiger partial charge < -0.3 is 23.5 Å². The highest BCUT2D eigenvalue weighted by molar-refractivity contribution is 7.89. The molecule has 0 N–H and O–H groups in total. The second kappa shape index (κ2) is 8.92. The van der Waals surface area contributed by atoms with Gasteiger partial charge in [-0.1, -0.05) is 0 Å². The molecular formula is C21H25N3O8S. The Labute approximate surface area is 191 Å². The lowest BCUT2D eigenvalue weighted by Crippen LogP contribution is -2.51. The first kappa shape index (κ1) is 24.3. The minimum absolute atomic E-state index is 0.000792. The van der Waals surface area contributed by atoms with E-state index in [-0.39, 0.29) is 53.7 Å². The maximum absolute atomic E-state index is 13.5. The van der Waals surface area contributed by atoms with Gasteiger partial charge in [0, 0.05) is 31.6 Å². The Morgan fingerprint density at radius 1 is 1.12 bits per heavy atom. The number of carbonyl (C=O) groups is 2. The number of furan rings is 1. The molecule has 0 unspecified atom stereocenters. The molecule has 1 saturated heterocycles. The van der Waals surface area contributed by atoms with Crippen LogP contribution in [-0.2, 0) is 19.5 Å². The number of benzene rings is 1. The van der Waals surface area contributed by atoms with Crippen LogP contribution in [0.15, 0.2) is 21.4 Å². The largest absolute Gasteiger partial charge is 0.491 e. The number of fused-ring (bicyclic) bond motifs is 1. The summed E-state index contributed by atoms with van der Waals surface area (Å²) in [6.45, 7) is 5.48. The quantitative estimate of drug-likeness (QED) is 0.604. The number of esters is 1. The fraction of sp³-hybridized carbons (Fsp3) is 0.476. The molecule has 0 spiro atoms. The van der Waals surface area contributed by atoms with E-state index in [1.54, 1.807) is 20.8 Å². The number of ether oxygens (including phenoxy) is 3. The van der Waals surface area contributed by atoms with Crippen LogP contribution < -0.4 is 4.74 Å². The molecule has 1 aromatic heterocycles. The van der Waals surface area contributed by atoms with Crippen molar-refractivity contribution in [2.75, 3.05) is 40.4 Å². The minimum atomic E-state index is -4.21. The van der Waals surface area contributed by atoms with Crippen molar-refractivity contribution in [2.24, 2.45) is 0 Å². The van der Waals surface area contributed by atoms with Crippen molar-refractivity contribution in [1.82, 2.24) is 9.21 Å². The van der Waals surface area contributed by atoms with E-state index >= 15 is 0 Å². The Bertz CT molecular complexity index is 1230. The number of amides is 1.